The Morgan fingerprint density at radius 2 is 1.29 bits per heavy atom. The Hall–Kier alpha value is -2.74. The summed E-state index contributed by atoms with van der Waals surface area (Å²) in [7, 11) is 0. The van der Waals surface area contributed by atoms with E-state index in [9.17, 15) is 0 Å². The van der Waals surface area contributed by atoms with Crippen LogP contribution in [0.5, 0.6) is 11.5 Å². The minimum atomic E-state index is 0.360. The third-order valence-electron chi connectivity index (χ3n) is 7.17. The van der Waals surface area contributed by atoms with Gasteiger partial charge in [-0.2, -0.15) is 0 Å². The van der Waals surface area contributed by atoms with E-state index >= 15 is 0 Å². The zero-order chi connectivity index (χ0) is 24.8. The highest BCUT2D eigenvalue weighted by Crippen LogP contribution is 2.46. The number of anilines is 2. The fourth-order valence-electron chi connectivity index (χ4n) is 5.30. The van der Waals surface area contributed by atoms with Gasteiger partial charge < -0.3 is 9.64 Å². The van der Waals surface area contributed by atoms with Crippen LogP contribution in [0.3, 0.4) is 0 Å². The number of hydrogen-bond acceptors (Lipinski definition) is 2. The lowest BCUT2D eigenvalue weighted by atomic mass is 9.76. The van der Waals surface area contributed by atoms with Gasteiger partial charge in [0.2, 0.25) is 0 Å². The Kier molecular flexibility index (Phi) is 8.21. The molecule has 2 nitrogen and oxygen atoms in total. The maximum Gasteiger partial charge on any atom is 0.151 e. The van der Waals surface area contributed by atoms with Gasteiger partial charge in [0, 0.05) is 6.54 Å². The van der Waals surface area contributed by atoms with Crippen molar-refractivity contribution in [2.45, 2.75) is 79.1 Å². The van der Waals surface area contributed by atoms with Crippen LogP contribution >= 0.6 is 0 Å². The smallest absolute Gasteiger partial charge is 0.151 e. The molecular formula is C33H43NO. The predicted molar refractivity (Wildman–Crippen MR) is 150 cm³/mol. The average Bonchev–Trinajstić information content (AvgIpc) is 2.84. The third-order valence-corrected chi connectivity index (χ3v) is 7.17. The monoisotopic (exact) mass is 469 g/mol. The number of ether oxygens (including phenoxy) is 1. The summed E-state index contributed by atoms with van der Waals surface area (Å²) in [5, 5.41) is 0. The molecule has 0 saturated carbocycles. The number of para-hydroxylation sites is 4. The summed E-state index contributed by atoms with van der Waals surface area (Å²) in [5.41, 5.74) is 5.70. The largest absolute Gasteiger partial charge is 0.453 e. The molecule has 0 saturated heterocycles. The van der Waals surface area contributed by atoms with Crippen molar-refractivity contribution in [3.8, 4) is 11.5 Å². The summed E-state index contributed by atoms with van der Waals surface area (Å²) in [6.45, 7) is 12.8. The summed E-state index contributed by atoms with van der Waals surface area (Å²) >= 11 is 0. The average molecular weight is 470 g/mol. The first-order chi connectivity index (χ1) is 16.8. The number of hydrogen-bond donors (Lipinski definition) is 0. The molecule has 0 spiro atoms. The molecule has 0 radical (unpaired) electrons. The first-order valence-electron chi connectivity index (χ1n) is 13.5. The highest BCUT2D eigenvalue weighted by atomic mass is 16.5. The van der Waals surface area contributed by atoms with Crippen molar-refractivity contribution in [3.63, 3.8) is 0 Å². The van der Waals surface area contributed by atoms with E-state index in [2.05, 4.69) is 100 Å². The highest BCUT2D eigenvalue weighted by Gasteiger charge is 2.24. The van der Waals surface area contributed by atoms with Crippen molar-refractivity contribution in [1.82, 2.24) is 0 Å². The zero-order valence-electron chi connectivity index (χ0n) is 22.4. The number of benzene rings is 3. The molecule has 3 aromatic carbocycles. The molecule has 2 heteroatoms. The molecule has 1 heterocycles. The number of rotatable bonds is 10. The Balaban J connectivity index is 1.25. The first-order valence-corrected chi connectivity index (χ1v) is 13.5. The van der Waals surface area contributed by atoms with Gasteiger partial charge in [0.1, 0.15) is 0 Å². The number of aryl methyl sites for hydroxylation is 1. The van der Waals surface area contributed by atoms with E-state index in [4.69, 9.17) is 4.74 Å². The first kappa shape index (κ1) is 25.4. The maximum atomic E-state index is 6.12. The molecule has 3 aromatic rings. The van der Waals surface area contributed by atoms with Gasteiger partial charge in [0.25, 0.3) is 0 Å². The van der Waals surface area contributed by atoms with Crippen LogP contribution in [-0.4, -0.2) is 6.54 Å². The van der Waals surface area contributed by atoms with Gasteiger partial charge in [0.05, 0.1) is 11.4 Å². The summed E-state index contributed by atoms with van der Waals surface area (Å²) in [5.74, 6) is 3.22. The van der Waals surface area contributed by atoms with Crippen LogP contribution in [-0.2, 0) is 6.42 Å². The topological polar surface area (TPSA) is 12.5 Å². The van der Waals surface area contributed by atoms with Crippen molar-refractivity contribution in [1.29, 1.82) is 0 Å². The van der Waals surface area contributed by atoms with Crippen molar-refractivity contribution < 1.29 is 4.74 Å². The fourth-order valence-corrected chi connectivity index (χ4v) is 5.30. The molecule has 186 valence electrons. The molecule has 0 aromatic heterocycles. The molecule has 1 atom stereocenters. The molecule has 0 aliphatic carbocycles. The van der Waals surface area contributed by atoms with Crippen LogP contribution in [0.4, 0.5) is 11.4 Å². The van der Waals surface area contributed by atoms with Gasteiger partial charge in [0.15, 0.2) is 11.5 Å². The van der Waals surface area contributed by atoms with Crippen LogP contribution in [0, 0.1) is 11.3 Å². The Morgan fingerprint density at radius 3 is 1.86 bits per heavy atom. The molecule has 4 rings (SSSR count). The quantitative estimate of drug-likeness (QED) is 0.274. The van der Waals surface area contributed by atoms with E-state index in [0.29, 0.717) is 17.3 Å². The van der Waals surface area contributed by atoms with Crippen molar-refractivity contribution >= 4 is 11.4 Å². The standard InChI is InChI=1S/C33H43NO/c1-25(2)28(24-33(3,4)5)27-21-19-26(20-22-27)14-8-6-7-13-23-34-29-15-9-11-17-31(29)35-32-18-12-10-16-30(32)34/h9-12,15-22,25,28H,6-8,13-14,23-24H2,1-5H3. The zero-order valence-corrected chi connectivity index (χ0v) is 22.4. The molecule has 0 bridgehead atoms. The number of nitrogens with zero attached hydrogens (tertiary/aromatic N) is 1. The van der Waals surface area contributed by atoms with E-state index in [1.165, 1.54) is 61.0 Å². The summed E-state index contributed by atoms with van der Waals surface area (Å²) < 4.78 is 6.12. The highest BCUT2D eigenvalue weighted by molar-refractivity contribution is 5.77. The van der Waals surface area contributed by atoms with Gasteiger partial charge >= 0.3 is 0 Å². The maximum absolute atomic E-state index is 6.12. The molecule has 1 aliphatic rings. The van der Waals surface area contributed by atoms with E-state index in [1.54, 1.807) is 0 Å². The number of fused-ring (bicyclic) bond motifs is 2. The predicted octanol–water partition coefficient (Wildman–Crippen LogP) is 9.91. The van der Waals surface area contributed by atoms with E-state index < -0.39 is 0 Å². The summed E-state index contributed by atoms with van der Waals surface area (Å²) in [4.78, 5) is 2.43. The van der Waals surface area contributed by atoms with Gasteiger partial charge in [-0.25, -0.2) is 0 Å². The van der Waals surface area contributed by atoms with Crippen molar-refractivity contribution in [2.75, 3.05) is 11.4 Å². The van der Waals surface area contributed by atoms with E-state index in [1.807, 2.05) is 12.1 Å². The second-order valence-corrected chi connectivity index (χ2v) is 11.7. The van der Waals surface area contributed by atoms with E-state index in [-0.39, 0.29) is 0 Å². The fraction of sp³-hybridized carbons (Fsp3) is 0.455. The number of unbranched alkanes of at least 4 members (excludes halogenated alkanes) is 3. The normalized spacial score (nSPS) is 13.8. The Bertz CT molecular complexity index is 1030. The Morgan fingerprint density at radius 1 is 0.714 bits per heavy atom. The van der Waals surface area contributed by atoms with Crippen LogP contribution in [0.15, 0.2) is 72.8 Å². The van der Waals surface area contributed by atoms with Crippen LogP contribution in [0.25, 0.3) is 0 Å². The lowest BCUT2D eigenvalue weighted by Crippen LogP contribution is -2.22. The minimum Gasteiger partial charge on any atom is -0.453 e. The van der Waals surface area contributed by atoms with Crippen LogP contribution in [0.2, 0.25) is 0 Å². The second-order valence-electron chi connectivity index (χ2n) is 11.7. The van der Waals surface area contributed by atoms with E-state index in [0.717, 1.165) is 18.0 Å². The molecule has 0 fully saturated rings. The SMILES string of the molecule is CC(C)C(CC(C)(C)C)c1ccc(CCCCCCN2c3ccccc3Oc3ccccc32)cc1. The molecule has 0 amide bonds. The summed E-state index contributed by atoms with van der Waals surface area (Å²) in [6, 6.07) is 26.3. The third kappa shape index (κ3) is 6.69. The summed E-state index contributed by atoms with van der Waals surface area (Å²) in [6.07, 6.45) is 7.38. The van der Waals surface area contributed by atoms with Gasteiger partial charge in [-0.3, -0.25) is 0 Å². The minimum absolute atomic E-state index is 0.360. The van der Waals surface area contributed by atoms with Gasteiger partial charge in [-0.1, -0.05) is 96.0 Å². The Labute approximate surface area is 213 Å². The van der Waals surface area contributed by atoms with Crippen molar-refractivity contribution in [3.05, 3.63) is 83.9 Å². The van der Waals surface area contributed by atoms with Crippen LogP contribution in [0.1, 0.15) is 83.8 Å². The van der Waals surface area contributed by atoms with Gasteiger partial charge in [-0.15, -0.1) is 0 Å². The molecule has 1 aliphatic heterocycles. The van der Waals surface area contributed by atoms with Crippen LogP contribution < -0.4 is 9.64 Å². The molecule has 0 N–H and O–H groups in total. The lowest BCUT2D eigenvalue weighted by molar-refractivity contribution is 0.301. The lowest BCUT2D eigenvalue weighted by Gasteiger charge is -2.32. The molecule has 35 heavy (non-hydrogen) atoms. The van der Waals surface area contributed by atoms with Crippen molar-refractivity contribution in [2.24, 2.45) is 11.3 Å². The second kappa shape index (κ2) is 11.3. The molecule has 1 unspecified atom stereocenters. The molecular weight excluding hydrogens is 426 g/mol. The van der Waals surface area contributed by atoms with Gasteiger partial charge in [-0.05, 0) is 78.3 Å².